The van der Waals surface area contributed by atoms with E-state index in [1.54, 1.807) is 11.8 Å². The summed E-state index contributed by atoms with van der Waals surface area (Å²) in [7, 11) is 0. The Morgan fingerprint density at radius 1 is 1.67 bits per heavy atom. The highest BCUT2D eigenvalue weighted by Crippen LogP contribution is 1.90. The summed E-state index contributed by atoms with van der Waals surface area (Å²) >= 11 is 3.27. The molecule has 0 spiro atoms. The summed E-state index contributed by atoms with van der Waals surface area (Å²) in [5.41, 5.74) is 0. The second-order valence-corrected chi connectivity index (χ2v) is 2.58. The largest absolute Gasteiger partial charge is 0.342 e. The minimum Gasteiger partial charge on any atom is -0.342 e. The van der Waals surface area contributed by atoms with Crippen molar-refractivity contribution in [1.29, 1.82) is 0 Å². The molecule has 0 aromatic heterocycles. The van der Waals surface area contributed by atoms with Crippen molar-refractivity contribution in [2.45, 2.75) is 13.8 Å². The first kappa shape index (κ1) is 8.95. The third-order valence-corrected chi connectivity index (χ3v) is 1.54. The number of amides is 1. The smallest absolute Gasteiger partial charge is 0.219 e. The van der Waals surface area contributed by atoms with Crippen LogP contribution in [0.5, 0.6) is 0 Å². The van der Waals surface area contributed by atoms with Crippen LogP contribution in [0.4, 0.5) is 0 Å². The Balaban J connectivity index is 3.54. The van der Waals surface area contributed by atoms with E-state index >= 15 is 0 Å². The lowest BCUT2D eigenvalue weighted by atomic mass is 10.5. The van der Waals surface area contributed by atoms with E-state index in [2.05, 4.69) is 15.9 Å². The van der Waals surface area contributed by atoms with Gasteiger partial charge in [-0.3, -0.25) is 4.79 Å². The number of alkyl halides is 1. The molecule has 0 rings (SSSR count). The number of carbonyl (C=O) groups is 1. The SMILES string of the molecule is CCN(CCBr)C(C)=O. The summed E-state index contributed by atoms with van der Waals surface area (Å²) < 4.78 is 0. The molecule has 54 valence electrons. The lowest BCUT2D eigenvalue weighted by Gasteiger charge is -2.16. The van der Waals surface area contributed by atoms with Crippen LogP contribution >= 0.6 is 15.9 Å². The van der Waals surface area contributed by atoms with Gasteiger partial charge in [0.25, 0.3) is 0 Å². The van der Waals surface area contributed by atoms with Crippen molar-refractivity contribution >= 4 is 21.8 Å². The zero-order chi connectivity index (χ0) is 7.28. The summed E-state index contributed by atoms with van der Waals surface area (Å²) in [4.78, 5) is 12.5. The third kappa shape index (κ3) is 3.51. The second kappa shape index (κ2) is 4.79. The van der Waals surface area contributed by atoms with Gasteiger partial charge < -0.3 is 4.90 Å². The molecule has 0 unspecified atom stereocenters. The highest BCUT2D eigenvalue weighted by Gasteiger charge is 2.02. The fourth-order valence-corrected chi connectivity index (χ4v) is 1.07. The van der Waals surface area contributed by atoms with E-state index in [4.69, 9.17) is 0 Å². The maximum Gasteiger partial charge on any atom is 0.219 e. The van der Waals surface area contributed by atoms with Crippen molar-refractivity contribution in [3.8, 4) is 0 Å². The monoisotopic (exact) mass is 193 g/mol. The van der Waals surface area contributed by atoms with Crippen molar-refractivity contribution in [2.75, 3.05) is 18.4 Å². The highest BCUT2D eigenvalue weighted by molar-refractivity contribution is 9.09. The van der Waals surface area contributed by atoms with Crippen LogP contribution in [0.2, 0.25) is 0 Å². The topological polar surface area (TPSA) is 20.3 Å². The number of nitrogens with zero attached hydrogens (tertiary/aromatic N) is 1. The number of rotatable bonds is 3. The van der Waals surface area contributed by atoms with Gasteiger partial charge in [0, 0.05) is 25.3 Å². The number of hydrogen-bond acceptors (Lipinski definition) is 1. The maximum atomic E-state index is 10.7. The molecule has 0 atom stereocenters. The molecule has 2 nitrogen and oxygen atoms in total. The van der Waals surface area contributed by atoms with Gasteiger partial charge in [-0.15, -0.1) is 0 Å². The summed E-state index contributed by atoms with van der Waals surface area (Å²) in [5, 5.41) is 0.862. The Kier molecular flexibility index (Phi) is 4.77. The van der Waals surface area contributed by atoms with E-state index in [1.165, 1.54) is 0 Å². The minimum atomic E-state index is 0.150. The van der Waals surface area contributed by atoms with Crippen molar-refractivity contribution in [3.05, 3.63) is 0 Å². The van der Waals surface area contributed by atoms with E-state index in [0.717, 1.165) is 18.4 Å². The lowest BCUT2D eigenvalue weighted by Crippen LogP contribution is -2.29. The molecule has 9 heavy (non-hydrogen) atoms. The van der Waals surface area contributed by atoms with Crippen molar-refractivity contribution < 1.29 is 4.79 Å². The zero-order valence-electron chi connectivity index (χ0n) is 5.85. The van der Waals surface area contributed by atoms with Crippen molar-refractivity contribution in [3.63, 3.8) is 0 Å². The van der Waals surface area contributed by atoms with E-state index in [0.29, 0.717) is 0 Å². The van der Waals surface area contributed by atoms with Crippen LogP contribution in [0.15, 0.2) is 0 Å². The zero-order valence-corrected chi connectivity index (χ0v) is 7.44. The number of carbonyl (C=O) groups excluding carboxylic acids is 1. The van der Waals surface area contributed by atoms with E-state index in [-0.39, 0.29) is 5.91 Å². The predicted octanol–water partition coefficient (Wildman–Crippen LogP) is 1.25. The van der Waals surface area contributed by atoms with Crippen LogP contribution in [0.1, 0.15) is 13.8 Å². The van der Waals surface area contributed by atoms with E-state index in [9.17, 15) is 4.79 Å². The average Bonchev–Trinajstić information content (AvgIpc) is 1.82. The first-order valence-corrected chi connectivity index (χ1v) is 4.16. The predicted molar refractivity (Wildman–Crippen MR) is 41.7 cm³/mol. The van der Waals surface area contributed by atoms with Gasteiger partial charge in [0.1, 0.15) is 0 Å². The quantitative estimate of drug-likeness (QED) is 0.619. The van der Waals surface area contributed by atoms with Crippen LogP contribution < -0.4 is 0 Å². The van der Waals surface area contributed by atoms with Gasteiger partial charge in [0.15, 0.2) is 0 Å². The van der Waals surface area contributed by atoms with Crippen molar-refractivity contribution in [2.24, 2.45) is 0 Å². The molecule has 0 bridgehead atoms. The minimum absolute atomic E-state index is 0.150. The first-order chi connectivity index (χ1) is 4.22. The van der Waals surface area contributed by atoms with Gasteiger partial charge >= 0.3 is 0 Å². The van der Waals surface area contributed by atoms with Crippen LogP contribution in [0.25, 0.3) is 0 Å². The van der Waals surface area contributed by atoms with Crippen molar-refractivity contribution in [1.82, 2.24) is 4.90 Å². The molecule has 0 saturated heterocycles. The molecule has 0 aromatic rings. The van der Waals surface area contributed by atoms with Gasteiger partial charge in [0.05, 0.1) is 0 Å². The average molecular weight is 194 g/mol. The molecular weight excluding hydrogens is 182 g/mol. The van der Waals surface area contributed by atoms with Crippen LogP contribution in [-0.2, 0) is 4.79 Å². The fourth-order valence-electron chi connectivity index (χ4n) is 0.640. The molecule has 3 heteroatoms. The summed E-state index contributed by atoms with van der Waals surface area (Å²) in [6.45, 7) is 5.18. The standard InChI is InChI=1S/C6H12BrNO/c1-3-8(5-4-7)6(2)9/h3-5H2,1-2H3. The maximum absolute atomic E-state index is 10.7. The number of hydrogen-bond donors (Lipinski definition) is 0. The summed E-state index contributed by atoms with van der Waals surface area (Å²) in [5.74, 6) is 0.150. The molecule has 0 heterocycles. The normalized spacial score (nSPS) is 9.22. The Bertz CT molecular complexity index is 95.1. The third-order valence-electron chi connectivity index (χ3n) is 1.18. The van der Waals surface area contributed by atoms with Gasteiger partial charge in [-0.1, -0.05) is 15.9 Å². The van der Waals surface area contributed by atoms with Crippen LogP contribution in [0, 0.1) is 0 Å². The molecule has 0 radical (unpaired) electrons. The molecule has 1 amide bonds. The second-order valence-electron chi connectivity index (χ2n) is 1.79. The highest BCUT2D eigenvalue weighted by atomic mass is 79.9. The Morgan fingerprint density at radius 2 is 2.22 bits per heavy atom. The molecule has 0 aliphatic carbocycles. The Labute approximate surface area is 64.4 Å². The van der Waals surface area contributed by atoms with Crippen LogP contribution in [-0.4, -0.2) is 29.2 Å². The molecule has 0 fully saturated rings. The lowest BCUT2D eigenvalue weighted by molar-refractivity contribution is -0.128. The Hall–Kier alpha value is -0.0500. The van der Waals surface area contributed by atoms with Gasteiger partial charge in [-0.2, -0.15) is 0 Å². The summed E-state index contributed by atoms with van der Waals surface area (Å²) in [6.07, 6.45) is 0. The number of halogens is 1. The molecule has 0 aliphatic rings. The molecular formula is C6H12BrNO. The first-order valence-electron chi connectivity index (χ1n) is 3.03. The van der Waals surface area contributed by atoms with E-state index in [1.807, 2.05) is 6.92 Å². The molecule has 0 aromatic carbocycles. The van der Waals surface area contributed by atoms with E-state index < -0.39 is 0 Å². The molecule has 0 aliphatic heterocycles. The Morgan fingerprint density at radius 3 is 2.33 bits per heavy atom. The fraction of sp³-hybridized carbons (Fsp3) is 0.833. The molecule has 0 saturated carbocycles. The van der Waals surface area contributed by atoms with Gasteiger partial charge in [-0.25, -0.2) is 0 Å². The van der Waals surface area contributed by atoms with Gasteiger partial charge in [-0.05, 0) is 6.92 Å². The molecule has 0 N–H and O–H groups in total. The summed E-state index contributed by atoms with van der Waals surface area (Å²) in [6, 6.07) is 0. The van der Waals surface area contributed by atoms with Crippen LogP contribution in [0.3, 0.4) is 0 Å². The van der Waals surface area contributed by atoms with Gasteiger partial charge in [0.2, 0.25) is 5.91 Å².